The number of piperidine rings is 1. The molecule has 0 amide bonds. The van der Waals surface area contributed by atoms with Crippen LogP contribution < -0.4 is 0 Å². The first kappa shape index (κ1) is 15.5. The van der Waals surface area contributed by atoms with Gasteiger partial charge in [0.25, 0.3) is 0 Å². The van der Waals surface area contributed by atoms with Gasteiger partial charge in [0.2, 0.25) is 10.0 Å². The van der Waals surface area contributed by atoms with Crippen molar-refractivity contribution < 1.29 is 13.5 Å². The maximum absolute atomic E-state index is 12.2. The summed E-state index contributed by atoms with van der Waals surface area (Å²) in [7, 11) is -3.42. The number of rotatable bonds is 4. The van der Waals surface area contributed by atoms with Crippen LogP contribution in [0.2, 0.25) is 5.02 Å². The first-order valence-electron chi connectivity index (χ1n) is 6.56. The van der Waals surface area contributed by atoms with Gasteiger partial charge in [0.05, 0.1) is 0 Å². The fourth-order valence-electron chi connectivity index (χ4n) is 2.20. The maximum Gasteiger partial charge on any atom is 0.236 e. The van der Waals surface area contributed by atoms with Crippen LogP contribution in [-0.2, 0) is 10.0 Å². The fraction of sp³-hybridized carbons (Fsp3) is 0.429. The number of nitrogens with zero attached hydrogens (tertiary/aromatic N) is 1. The standard InChI is InChI=1S/C14H18ClNO3S/c15-14-4-2-1-3-13(14)7-10-20(18,19)16-8-5-12(11-17)6-9-16/h1-4,7,10,12,17H,5-6,8-9,11H2/b10-7+. The second-order valence-electron chi connectivity index (χ2n) is 4.89. The lowest BCUT2D eigenvalue weighted by Crippen LogP contribution is -2.38. The lowest BCUT2D eigenvalue weighted by atomic mass is 10.00. The Labute approximate surface area is 124 Å². The van der Waals surface area contributed by atoms with E-state index in [2.05, 4.69) is 0 Å². The summed E-state index contributed by atoms with van der Waals surface area (Å²) in [5.74, 6) is 0.217. The van der Waals surface area contributed by atoms with E-state index in [1.165, 1.54) is 15.8 Å². The molecule has 4 nitrogen and oxygen atoms in total. The monoisotopic (exact) mass is 315 g/mol. The highest BCUT2D eigenvalue weighted by Gasteiger charge is 2.25. The molecule has 2 rings (SSSR count). The van der Waals surface area contributed by atoms with E-state index in [0.717, 1.165) is 0 Å². The zero-order valence-electron chi connectivity index (χ0n) is 11.1. The van der Waals surface area contributed by atoms with Crippen molar-refractivity contribution in [1.29, 1.82) is 0 Å². The molecule has 1 saturated heterocycles. The summed E-state index contributed by atoms with van der Waals surface area (Å²) in [6.45, 7) is 1.05. The predicted molar refractivity (Wildman–Crippen MR) is 80.8 cm³/mol. The van der Waals surface area contributed by atoms with E-state index < -0.39 is 10.0 Å². The maximum atomic E-state index is 12.2. The Hall–Kier alpha value is -0.880. The van der Waals surface area contributed by atoms with Gasteiger partial charge in [-0.1, -0.05) is 29.8 Å². The summed E-state index contributed by atoms with van der Waals surface area (Å²) < 4.78 is 25.8. The molecular weight excluding hydrogens is 298 g/mol. The van der Waals surface area contributed by atoms with Crippen LogP contribution in [0.3, 0.4) is 0 Å². The summed E-state index contributed by atoms with van der Waals surface area (Å²) in [5.41, 5.74) is 0.683. The minimum Gasteiger partial charge on any atom is -0.396 e. The van der Waals surface area contributed by atoms with E-state index in [4.69, 9.17) is 16.7 Å². The minimum atomic E-state index is -3.42. The Kier molecular flexibility index (Phi) is 5.21. The molecule has 1 aromatic rings. The van der Waals surface area contributed by atoms with E-state index in [-0.39, 0.29) is 12.5 Å². The van der Waals surface area contributed by atoms with Crippen molar-refractivity contribution in [3.63, 3.8) is 0 Å². The van der Waals surface area contributed by atoms with Crippen molar-refractivity contribution in [2.24, 2.45) is 5.92 Å². The molecule has 110 valence electrons. The molecule has 0 unspecified atom stereocenters. The molecule has 6 heteroatoms. The van der Waals surface area contributed by atoms with Crippen molar-refractivity contribution in [2.75, 3.05) is 19.7 Å². The Morgan fingerprint density at radius 1 is 1.30 bits per heavy atom. The number of halogens is 1. The third kappa shape index (κ3) is 3.82. The average molecular weight is 316 g/mol. The van der Waals surface area contributed by atoms with E-state index in [1.807, 2.05) is 6.07 Å². The molecule has 1 aliphatic heterocycles. The van der Waals surface area contributed by atoms with E-state index >= 15 is 0 Å². The summed E-state index contributed by atoms with van der Waals surface area (Å²) >= 11 is 5.99. The van der Waals surface area contributed by atoms with Crippen LogP contribution in [0.5, 0.6) is 0 Å². The lowest BCUT2D eigenvalue weighted by Gasteiger charge is -2.29. The third-order valence-corrected chi connectivity index (χ3v) is 5.43. The Bertz CT molecular complexity index is 578. The summed E-state index contributed by atoms with van der Waals surface area (Å²) in [4.78, 5) is 0. The third-order valence-electron chi connectivity index (χ3n) is 3.52. The number of aliphatic hydroxyl groups excluding tert-OH is 1. The highest BCUT2D eigenvalue weighted by Crippen LogP contribution is 2.21. The van der Waals surface area contributed by atoms with Crippen molar-refractivity contribution >= 4 is 27.7 Å². The Morgan fingerprint density at radius 2 is 1.95 bits per heavy atom. The summed E-state index contributed by atoms with van der Waals surface area (Å²) in [5, 5.41) is 10.8. The molecule has 0 aromatic heterocycles. The van der Waals surface area contributed by atoms with Crippen LogP contribution in [0.15, 0.2) is 29.7 Å². The lowest BCUT2D eigenvalue weighted by molar-refractivity contribution is 0.170. The first-order chi connectivity index (χ1) is 9.53. The molecule has 0 aliphatic carbocycles. The van der Waals surface area contributed by atoms with Crippen molar-refractivity contribution in [1.82, 2.24) is 4.31 Å². The molecule has 1 aromatic carbocycles. The van der Waals surface area contributed by atoms with Crippen molar-refractivity contribution in [3.05, 3.63) is 40.3 Å². The highest BCUT2D eigenvalue weighted by atomic mass is 35.5. The van der Waals surface area contributed by atoms with Gasteiger partial charge in [0.15, 0.2) is 0 Å². The summed E-state index contributed by atoms with van der Waals surface area (Å²) in [6, 6.07) is 7.10. The fourth-order valence-corrected chi connectivity index (χ4v) is 3.61. The summed E-state index contributed by atoms with van der Waals surface area (Å²) in [6.07, 6.45) is 2.93. The van der Waals surface area contributed by atoms with Gasteiger partial charge in [-0.25, -0.2) is 8.42 Å². The molecule has 0 atom stereocenters. The minimum absolute atomic E-state index is 0.128. The zero-order valence-corrected chi connectivity index (χ0v) is 12.6. The van der Waals surface area contributed by atoms with Gasteiger partial charge in [-0.2, -0.15) is 4.31 Å². The number of sulfonamides is 1. The normalized spacial score (nSPS) is 18.7. The van der Waals surface area contributed by atoms with Crippen molar-refractivity contribution in [2.45, 2.75) is 12.8 Å². The first-order valence-corrected chi connectivity index (χ1v) is 8.44. The number of hydrogen-bond acceptors (Lipinski definition) is 3. The molecule has 0 radical (unpaired) electrons. The topological polar surface area (TPSA) is 57.6 Å². The van der Waals surface area contributed by atoms with E-state index in [0.29, 0.717) is 36.5 Å². The average Bonchev–Trinajstić information content (AvgIpc) is 2.46. The van der Waals surface area contributed by atoms with Crippen molar-refractivity contribution in [3.8, 4) is 0 Å². The number of hydrogen-bond donors (Lipinski definition) is 1. The Balaban J connectivity index is 2.07. The second-order valence-corrected chi connectivity index (χ2v) is 7.12. The molecule has 1 heterocycles. The smallest absolute Gasteiger partial charge is 0.236 e. The number of aliphatic hydroxyl groups is 1. The van der Waals surface area contributed by atoms with Gasteiger partial charge in [0.1, 0.15) is 0 Å². The molecule has 0 bridgehead atoms. The zero-order chi connectivity index (χ0) is 14.6. The van der Waals surface area contributed by atoms with Gasteiger partial charge < -0.3 is 5.11 Å². The highest BCUT2D eigenvalue weighted by molar-refractivity contribution is 7.92. The van der Waals surface area contributed by atoms with Crippen LogP contribution in [0.1, 0.15) is 18.4 Å². The van der Waals surface area contributed by atoms with Crippen LogP contribution in [-0.4, -0.2) is 37.5 Å². The van der Waals surface area contributed by atoms with Gasteiger partial charge in [0, 0.05) is 30.1 Å². The van der Waals surface area contributed by atoms with Crippen LogP contribution >= 0.6 is 11.6 Å². The quantitative estimate of drug-likeness (QED) is 0.928. The van der Waals surface area contributed by atoms with E-state index in [1.54, 1.807) is 18.2 Å². The SMILES string of the molecule is O=S(=O)(/C=C/c1ccccc1Cl)N1CCC(CO)CC1. The molecule has 1 fully saturated rings. The van der Waals surface area contributed by atoms with Crippen LogP contribution in [0.25, 0.3) is 6.08 Å². The molecule has 1 aliphatic rings. The van der Waals surface area contributed by atoms with E-state index in [9.17, 15) is 8.42 Å². The largest absolute Gasteiger partial charge is 0.396 e. The van der Waals surface area contributed by atoms with Gasteiger partial charge in [-0.3, -0.25) is 0 Å². The van der Waals surface area contributed by atoms with Crippen LogP contribution in [0, 0.1) is 5.92 Å². The molecular formula is C14H18ClNO3S. The molecule has 20 heavy (non-hydrogen) atoms. The Morgan fingerprint density at radius 3 is 2.55 bits per heavy atom. The van der Waals surface area contributed by atoms with Gasteiger partial charge in [-0.05, 0) is 36.5 Å². The molecule has 1 N–H and O–H groups in total. The predicted octanol–water partition coefficient (Wildman–Crippen LogP) is 2.34. The van der Waals surface area contributed by atoms with Gasteiger partial charge in [-0.15, -0.1) is 0 Å². The number of benzene rings is 1. The molecule has 0 spiro atoms. The van der Waals surface area contributed by atoms with Gasteiger partial charge >= 0.3 is 0 Å². The van der Waals surface area contributed by atoms with Crippen LogP contribution in [0.4, 0.5) is 0 Å². The molecule has 0 saturated carbocycles. The second kappa shape index (κ2) is 6.72.